The molecule has 4 rings (SSSR count). The smallest absolute Gasteiger partial charge is 0.414 e. The first-order valence-corrected chi connectivity index (χ1v) is 14.5. The Kier molecular flexibility index (Phi) is 10.0. The fourth-order valence-electron chi connectivity index (χ4n) is 5.61. The van der Waals surface area contributed by atoms with Gasteiger partial charge in [-0.1, -0.05) is 50.3 Å². The maximum atomic E-state index is 13.7. The van der Waals surface area contributed by atoms with Gasteiger partial charge >= 0.3 is 12.1 Å². The maximum Gasteiger partial charge on any atom is 0.414 e. The minimum Gasteiger partial charge on any atom is -0.426 e. The van der Waals surface area contributed by atoms with Gasteiger partial charge in [0.05, 0.1) is 0 Å². The maximum absolute atomic E-state index is 13.7. The van der Waals surface area contributed by atoms with Gasteiger partial charge in [-0.3, -0.25) is 14.9 Å². The third-order valence-corrected chi connectivity index (χ3v) is 7.85. The zero-order chi connectivity index (χ0) is 28.5. The van der Waals surface area contributed by atoms with Gasteiger partial charge in [-0.25, -0.2) is 9.59 Å². The fraction of sp³-hybridized carbons (Fsp3) is 0.548. The summed E-state index contributed by atoms with van der Waals surface area (Å²) in [6, 6.07) is 10.5. The molecule has 0 radical (unpaired) electrons. The van der Waals surface area contributed by atoms with E-state index in [0.29, 0.717) is 18.2 Å². The number of carbonyl (C=O) groups is 3. The number of pyridine rings is 1. The standard InChI is InChI=1S/C31H41N3O6/c1-31(2,29(37)39-21-40-30(38)32-24-16-10-6-11-17-24)33-27(35)25-19-23-15-9-3-4-12-18-26(23)34(28(25)36)20-22-13-7-5-8-14-22/h6,10-11,16-17,19,22H,3-5,7-9,12-15,18,20-21H2,1-2H3,(H,32,38)(H,33,35). The van der Waals surface area contributed by atoms with Crippen LogP contribution in [0.15, 0.2) is 41.2 Å². The molecule has 2 aromatic rings. The summed E-state index contributed by atoms with van der Waals surface area (Å²) < 4.78 is 11.9. The number of benzene rings is 1. The van der Waals surface area contributed by atoms with E-state index >= 15 is 0 Å². The van der Waals surface area contributed by atoms with Crippen molar-refractivity contribution in [1.82, 2.24) is 9.88 Å². The molecule has 1 aromatic carbocycles. The van der Waals surface area contributed by atoms with Crippen molar-refractivity contribution in [1.29, 1.82) is 0 Å². The van der Waals surface area contributed by atoms with Crippen molar-refractivity contribution in [3.8, 4) is 0 Å². The fourth-order valence-corrected chi connectivity index (χ4v) is 5.61. The first-order chi connectivity index (χ1) is 19.2. The molecular formula is C31H41N3O6. The lowest BCUT2D eigenvalue weighted by molar-refractivity contribution is -0.157. The molecule has 0 unspecified atom stereocenters. The number of nitrogens with zero attached hydrogens (tertiary/aromatic N) is 1. The van der Waals surface area contributed by atoms with Crippen LogP contribution in [0.25, 0.3) is 0 Å². The normalized spacial score (nSPS) is 16.1. The topological polar surface area (TPSA) is 116 Å². The molecule has 0 bridgehead atoms. The highest BCUT2D eigenvalue weighted by Crippen LogP contribution is 2.27. The lowest BCUT2D eigenvalue weighted by atomic mass is 9.88. The number of para-hydroxylation sites is 1. The number of anilines is 1. The van der Waals surface area contributed by atoms with E-state index < -0.39 is 30.3 Å². The minimum atomic E-state index is -1.46. The summed E-state index contributed by atoms with van der Waals surface area (Å²) in [6.45, 7) is 3.00. The molecule has 0 aliphatic heterocycles. The van der Waals surface area contributed by atoms with Crippen molar-refractivity contribution < 1.29 is 23.9 Å². The lowest BCUT2D eigenvalue weighted by Crippen LogP contribution is -2.52. The number of aromatic nitrogens is 1. The summed E-state index contributed by atoms with van der Waals surface area (Å²) in [6.07, 6.45) is 11.0. The van der Waals surface area contributed by atoms with Gasteiger partial charge in [-0.15, -0.1) is 0 Å². The number of esters is 1. The molecular weight excluding hydrogens is 510 g/mol. The van der Waals surface area contributed by atoms with Gasteiger partial charge in [0.1, 0.15) is 11.1 Å². The Hall–Kier alpha value is -3.62. The predicted octanol–water partition coefficient (Wildman–Crippen LogP) is 5.35. The first-order valence-electron chi connectivity index (χ1n) is 14.5. The van der Waals surface area contributed by atoms with E-state index in [-0.39, 0.29) is 11.1 Å². The number of aryl methyl sites for hydroxylation is 1. The lowest BCUT2D eigenvalue weighted by Gasteiger charge is -2.27. The highest BCUT2D eigenvalue weighted by atomic mass is 16.7. The molecule has 9 heteroatoms. The van der Waals surface area contributed by atoms with Crippen LogP contribution in [-0.4, -0.2) is 34.9 Å². The minimum absolute atomic E-state index is 0.0505. The Balaban J connectivity index is 1.44. The molecule has 2 amide bonds. The zero-order valence-corrected chi connectivity index (χ0v) is 23.6. The van der Waals surface area contributed by atoms with Gasteiger partial charge in [-0.2, -0.15) is 0 Å². The van der Waals surface area contributed by atoms with Crippen LogP contribution in [0.3, 0.4) is 0 Å². The number of rotatable bonds is 8. The number of ether oxygens (including phenoxy) is 2. The quantitative estimate of drug-likeness (QED) is 0.338. The Morgan fingerprint density at radius 3 is 2.33 bits per heavy atom. The van der Waals surface area contributed by atoms with E-state index in [2.05, 4.69) is 10.6 Å². The number of nitrogens with one attached hydrogen (secondary N) is 2. The zero-order valence-electron chi connectivity index (χ0n) is 23.6. The Labute approximate surface area is 235 Å². The molecule has 1 heterocycles. The van der Waals surface area contributed by atoms with Crippen molar-refractivity contribution in [2.45, 2.75) is 96.6 Å². The summed E-state index contributed by atoms with van der Waals surface area (Å²) >= 11 is 0. The molecule has 0 saturated heterocycles. The van der Waals surface area contributed by atoms with E-state index in [1.807, 2.05) is 10.6 Å². The van der Waals surface area contributed by atoms with Crippen molar-refractivity contribution in [2.75, 3.05) is 12.1 Å². The Bertz CT molecular complexity index is 1250. The van der Waals surface area contributed by atoms with Crippen molar-refractivity contribution in [3.63, 3.8) is 0 Å². The van der Waals surface area contributed by atoms with Gasteiger partial charge in [0, 0.05) is 17.9 Å². The van der Waals surface area contributed by atoms with E-state index in [1.165, 1.54) is 33.1 Å². The molecule has 0 spiro atoms. The second-order valence-electron chi connectivity index (χ2n) is 11.4. The number of carbonyl (C=O) groups excluding carboxylic acids is 3. The van der Waals surface area contributed by atoms with E-state index in [4.69, 9.17) is 9.47 Å². The van der Waals surface area contributed by atoms with Crippen LogP contribution < -0.4 is 16.2 Å². The first kappa shape index (κ1) is 29.4. The van der Waals surface area contributed by atoms with Crippen LogP contribution in [0.4, 0.5) is 10.5 Å². The van der Waals surface area contributed by atoms with Crippen LogP contribution in [0, 0.1) is 5.92 Å². The van der Waals surface area contributed by atoms with Crippen LogP contribution in [0.5, 0.6) is 0 Å². The number of amides is 2. The largest absolute Gasteiger partial charge is 0.426 e. The highest BCUT2D eigenvalue weighted by molar-refractivity contribution is 5.97. The van der Waals surface area contributed by atoms with E-state index in [9.17, 15) is 19.2 Å². The molecule has 40 heavy (non-hydrogen) atoms. The van der Waals surface area contributed by atoms with Crippen LogP contribution in [0.1, 0.15) is 93.3 Å². The summed E-state index contributed by atoms with van der Waals surface area (Å²) in [5.41, 5.74) is 0.954. The molecule has 1 saturated carbocycles. The third kappa shape index (κ3) is 7.73. The molecule has 2 aliphatic carbocycles. The highest BCUT2D eigenvalue weighted by Gasteiger charge is 2.33. The van der Waals surface area contributed by atoms with E-state index in [1.54, 1.807) is 30.3 Å². The molecule has 1 fully saturated rings. The van der Waals surface area contributed by atoms with Crippen LogP contribution >= 0.6 is 0 Å². The molecule has 2 aliphatic rings. The molecule has 2 N–H and O–H groups in total. The summed E-state index contributed by atoms with van der Waals surface area (Å²) in [5, 5.41) is 5.20. The number of hydrogen-bond donors (Lipinski definition) is 2. The van der Waals surface area contributed by atoms with Gasteiger partial charge in [0.15, 0.2) is 0 Å². The monoisotopic (exact) mass is 551 g/mol. The number of fused-ring (bicyclic) bond motifs is 1. The Morgan fingerprint density at radius 2 is 1.60 bits per heavy atom. The average molecular weight is 552 g/mol. The van der Waals surface area contributed by atoms with Gasteiger partial charge < -0.3 is 19.4 Å². The van der Waals surface area contributed by atoms with Gasteiger partial charge in [0.2, 0.25) is 6.79 Å². The number of hydrogen-bond acceptors (Lipinski definition) is 6. The van der Waals surface area contributed by atoms with Crippen LogP contribution in [0.2, 0.25) is 0 Å². The van der Waals surface area contributed by atoms with Gasteiger partial charge in [-0.05, 0) is 82.1 Å². The molecule has 216 valence electrons. The van der Waals surface area contributed by atoms with Crippen molar-refractivity contribution in [2.24, 2.45) is 5.92 Å². The molecule has 1 aromatic heterocycles. The Morgan fingerprint density at radius 1 is 0.925 bits per heavy atom. The van der Waals surface area contributed by atoms with E-state index in [0.717, 1.165) is 62.6 Å². The average Bonchev–Trinajstić information content (AvgIpc) is 2.91. The third-order valence-electron chi connectivity index (χ3n) is 7.85. The second kappa shape index (κ2) is 13.6. The van der Waals surface area contributed by atoms with Crippen molar-refractivity contribution >= 4 is 23.7 Å². The second-order valence-corrected chi connectivity index (χ2v) is 11.4. The molecule has 9 nitrogen and oxygen atoms in total. The van der Waals surface area contributed by atoms with Gasteiger partial charge in [0.25, 0.3) is 11.5 Å². The summed E-state index contributed by atoms with van der Waals surface area (Å²) in [7, 11) is 0. The summed E-state index contributed by atoms with van der Waals surface area (Å²) in [5.74, 6) is -0.969. The summed E-state index contributed by atoms with van der Waals surface area (Å²) in [4.78, 5) is 51.9. The predicted molar refractivity (Wildman–Crippen MR) is 152 cm³/mol. The SMILES string of the molecule is CC(C)(NC(=O)c1cc2c(n(CC3CCCCC3)c1=O)CCCCCC2)C(=O)OCOC(=O)Nc1ccccc1. The van der Waals surface area contributed by atoms with Crippen LogP contribution in [-0.2, 0) is 33.7 Å². The molecule has 0 atom stereocenters. The van der Waals surface area contributed by atoms with Crippen molar-refractivity contribution in [3.05, 3.63) is 63.6 Å².